The maximum Gasteiger partial charge on any atom is 0.325 e. The van der Waals surface area contributed by atoms with Crippen LogP contribution < -0.4 is 5.32 Å². The molecule has 2 saturated heterocycles. The summed E-state index contributed by atoms with van der Waals surface area (Å²) in [7, 11) is 0. The van der Waals surface area contributed by atoms with Crippen molar-refractivity contribution in [2.75, 3.05) is 19.8 Å². The predicted molar refractivity (Wildman–Crippen MR) is 59.7 cm³/mol. The molecule has 0 aromatic rings. The Morgan fingerprint density at radius 1 is 1.31 bits per heavy atom. The van der Waals surface area contributed by atoms with Crippen LogP contribution in [0.25, 0.3) is 0 Å². The summed E-state index contributed by atoms with van der Waals surface area (Å²) in [6.45, 7) is 4.47. The molecule has 5 heteroatoms. The number of likely N-dealkylation sites (tertiary alicyclic amines) is 1. The molecule has 0 bridgehead atoms. The lowest BCUT2D eigenvalue weighted by Gasteiger charge is -2.20. The molecule has 1 atom stereocenters. The summed E-state index contributed by atoms with van der Waals surface area (Å²) in [6.07, 6.45) is 3.99. The fourth-order valence-electron chi connectivity index (χ4n) is 2.32. The zero-order chi connectivity index (χ0) is 11.5. The lowest BCUT2D eigenvalue weighted by molar-refractivity contribution is -0.128. The molecule has 2 aliphatic heterocycles. The molecule has 3 amide bonds. The molecule has 90 valence electrons. The molecule has 0 aliphatic carbocycles. The minimum Gasteiger partial charge on any atom is -0.326 e. The van der Waals surface area contributed by atoms with Crippen LogP contribution in [0.1, 0.15) is 32.6 Å². The van der Waals surface area contributed by atoms with Gasteiger partial charge in [0.2, 0.25) is 0 Å². The van der Waals surface area contributed by atoms with E-state index in [2.05, 4.69) is 10.2 Å². The van der Waals surface area contributed by atoms with Crippen molar-refractivity contribution in [1.29, 1.82) is 0 Å². The van der Waals surface area contributed by atoms with Crippen LogP contribution in [-0.2, 0) is 4.79 Å². The number of amides is 3. The van der Waals surface area contributed by atoms with Crippen LogP contribution in [0.4, 0.5) is 4.79 Å². The molecule has 0 radical (unpaired) electrons. The van der Waals surface area contributed by atoms with Crippen molar-refractivity contribution in [3.8, 4) is 0 Å². The molecule has 1 N–H and O–H groups in total. The third kappa shape index (κ3) is 2.19. The van der Waals surface area contributed by atoms with Crippen molar-refractivity contribution in [1.82, 2.24) is 15.1 Å². The number of urea groups is 1. The van der Waals surface area contributed by atoms with Crippen molar-refractivity contribution in [2.45, 2.75) is 38.6 Å². The molecule has 0 saturated carbocycles. The van der Waals surface area contributed by atoms with Crippen molar-refractivity contribution in [2.24, 2.45) is 0 Å². The van der Waals surface area contributed by atoms with Gasteiger partial charge in [-0.2, -0.15) is 0 Å². The minimum atomic E-state index is -0.292. The second-order valence-corrected chi connectivity index (χ2v) is 4.52. The van der Waals surface area contributed by atoms with E-state index in [4.69, 9.17) is 0 Å². The van der Waals surface area contributed by atoms with E-state index in [1.165, 1.54) is 17.7 Å². The highest BCUT2D eigenvalue weighted by Gasteiger charge is 2.38. The first-order valence-corrected chi connectivity index (χ1v) is 6.06. The van der Waals surface area contributed by atoms with Gasteiger partial charge in [-0.3, -0.25) is 9.69 Å². The maximum atomic E-state index is 11.9. The molecule has 0 aromatic heterocycles. The molecule has 0 unspecified atom stereocenters. The fourth-order valence-corrected chi connectivity index (χ4v) is 2.32. The lowest BCUT2D eigenvalue weighted by Crippen LogP contribution is -2.40. The lowest BCUT2D eigenvalue weighted by atomic mass is 10.2. The Morgan fingerprint density at radius 3 is 2.62 bits per heavy atom. The van der Waals surface area contributed by atoms with E-state index >= 15 is 0 Å². The highest BCUT2D eigenvalue weighted by Crippen LogP contribution is 2.14. The van der Waals surface area contributed by atoms with Gasteiger partial charge in [0.15, 0.2) is 0 Å². The number of nitrogens with one attached hydrogen (secondary N) is 1. The largest absolute Gasteiger partial charge is 0.326 e. The third-order valence-electron chi connectivity index (χ3n) is 3.22. The van der Waals surface area contributed by atoms with Crippen LogP contribution in [0.15, 0.2) is 0 Å². The molecular weight excluding hydrogens is 206 g/mol. The fraction of sp³-hybridized carbons (Fsp3) is 0.818. The van der Waals surface area contributed by atoms with Gasteiger partial charge in [0.1, 0.15) is 6.04 Å². The summed E-state index contributed by atoms with van der Waals surface area (Å²) in [5.41, 5.74) is 0. The second-order valence-electron chi connectivity index (χ2n) is 4.52. The number of hydrogen-bond donors (Lipinski definition) is 1. The number of carbonyl (C=O) groups is 2. The average molecular weight is 225 g/mol. The first-order chi connectivity index (χ1) is 7.72. The van der Waals surface area contributed by atoms with Gasteiger partial charge in [0, 0.05) is 0 Å². The molecule has 0 spiro atoms. The molecular formula is C11H19N3O2. The molecule has 2 heterocycles. The Bertz CT molecular complexity index is 287. The monoisotopic (exact) mass is 225 g/mol. The van der Waals surface area contributed by atoms with Gasteiger partial charge in [0.25, 0.3) is 5.91 Å². The quantitative estimate of drug-likeness (QED) is 0.719. The molecule has 16 heavy (non-hydrogen) atoms. The van der Waals surface area contributed by atoms with E-state index in [-0.39, 0.29) is 18.0 Å². The van der Waals surface area contributed by atoms with Gasteiger partial charge >= 0.3 is 6.03 Å². The highest BCUT2D eigenvalue weighted by atomic mass is 16.2. The average Bonchev–Trinajstić information content (AvgIpc) is 2.84. The van der Waals surface area contributed by atoms with Crippen molar-refractivity contribution < 1.29 is 9.59 Å². The zero-order valence-corrected chi connectivity index (χ0v) is 9.74. The Morgan fingerprint density at radius 2 is 2.00 bits per heavy atom. The van der Waals surface area contributed by atoms with E-state index in [0.717, 1.165) is 25.9 Å². The summed E-state index contributed by atoms with van der Waals surface area (Å²) in [5, 5.41) is 2.74. The summed E-state index contributed by atoms with van der Waals surface area (Å²) in [6, 6.07) is -0.518. The number of rotatable bonds is 4. The number of hydrogen-bond acceptors (Lipinski definition) is 3. The Hall–Kier alpha value is -1.10. The topological polar surface area (TPSA) is 52.7 Å². The Balaban J connectivity index is 1.93. The van der Waals surface area contributed by atoms with Gasteiger partial charge in [-0.05, 0) is 32.4 Å². The van der Waals surface area contributed by atoms with E-state index in [9.17, 15) is 9.59 Å². The summed E-state index contributed by atoms with van der Waals surface area (Å²) < 4.78 is 0. The van der Waals surface area contributed by atoms with Crippen LogP contribution in [0.3, 0.4) is 0 Å². The molecule has 2 fully saturated rings. The number of carbonyl (C=O) groups excluding carboxylic acids is 2. The van der Waals surface area contributed by atoms with Crippen LogP contribution in [0, 0.1) is 0 Å². The van der Waals surface area contributed by atoms with E-state index < -0.39 is 0 Å². The van der Waals surface area contributed by atoms with Crippen LogP contribution in [0.5, 0.6) is 0 Å². The van der Waals surface area contributed by atoms with Crippen LogP contribution in [0.2, 0.25) is 0 Å². The highest BCUT2D eigenvalue weighted by molar-refractivity contribution is 6.04. The predicted octanol–water partition coefficient (Wildman–Crippen LogP) is 0.760. The van der Waals surface area contributed by atoms with Crippen molar-refractivity contribution in [3.63, 3.8) is 0 Å². The standard InChI is InChI=1S/C11H19N3O2/c1-2-5-9-10(15)14(11(16)12-9)8-13-6-3-4-7-13/h9H,2-8H2,1H3,(H,12,16)/t9-/m0/s1. The normalized spacial score (nSPS) is 26.6. The Labute approximate surface area is 95.8 Å². The van der Waals surface area contributed by atoms with Crippen molar-refractivity contribution >= 4 is 11.9 Å². The van der Waals surface area contributed by atoms with Crippen LogP contribution in [-0.4, -0.2) is 47.5 Å². The Kier molecular flexibility index (Phi) is 3.43. The van der Waals surface area contributed by atoms with E-state index in [0.29, 0.717) is 6.67 Å². The first-order valence-electron chi connectivity index (χ1n) is 6.06. The molecule has 0 aromatic carbocycles. The SMILES string of the molecule is CCC[C@@H]1NC(=O)N(CN2CCCC2)C1=O. The minimum absolute atomic E-state index is 0.0567. The number of nitrogens with zero attached hydrogens (tertiary/aromatic N) is 2. The van der Waals surface area contributed by atoms with Crippen molar-refractivity contribution in [3.05, 3.63) is 0 Å². The number of imide groups is 1. The summed E-state index contributed by atoms with van der Waals surface area (Å²) >= 11 is 0. The van der Waals surface area contributed by atoms with E-state index in [1.807, 2.05) is 6.92 Å². The van der Waals surface area contributed by atoms with Gasteiger partial charge in [-0.15, -0.1) is 0 Å². The van der Waals surface area contributed by atoms with E-state index in [1.54, 1.807) is 0 Å². The molecule has 2 rings (SSSR count). The molecule has 2 aliphatic rings. The summed E-state index contributed by atoms with van der Waals surface area (Å²) in [5.74, 6) is -0.0567. The summed E-state index contributed by atoms with van der Waals surface area (Å²) in [4.78, 5) is 27.0. The maximum absolute atomic E-state index is 11.9. The molecule has 5 nitrogen and oxygen atoms in total. The van der Waals surface area contributed by atoms with Crippen LogP contribution >= 0.6 is 0 Å². The van der Waals surface area contributed by atoms with Gasteiger partial charge in [0.05, 0.1) is 6.67 Å². The van der Waals surface area contributed by atoms with Gasteiger partial charge < -0.3 is 5.32 Å². The van der Waals surface area contributed by atoms with Gasteiger partial charge in [-0.25, -0.2) is 9.69 Å². The smallest absolute Gasteiger partial charge is 0.325 e. The zero-order valence-electron chi connectivity index (χ0n) is 9.74. The third-order valence-corrected chi connectivity index (χ3v) is 3.22. The first kappa shape index (κ1) is 11.4. The second kappa shape index (κ2) is 4.82. The van der Waals surface area contributed by atoms with Gasteiger partial charge in [-0.1, -0.05) is 13.3 Å².